The first-order chi connectivity index (χ1) is 11.0. The van der Waals surface area contributed by atoms with Crippen LogP contribution in [0.4, 0.5) is 0 Å². The molecule has 0 atom stereocenters. The molecule has 2 aromatic rings. The van der Waals surface area contributed by atoms with Gasteiger partial charge >= 0.3 is 5.63 Å². The number of benzene rings is 1. The molecule has 0 bridgehead atoms. The molecule has 0 radical (unpaired) electrons. The van der Waals surface area contributed by atoms with Crippen LogP contribution in [0.5, 0.6) is 5.75 Å². The number of methoxy groups -OCH3 is 1. The van der Waals surface area contributed by atoms with Gasteiger partial charge < -0.3 is 14.5 Å². The highest BCUT2D eigenvalue weighted by Crippen LogP contribution is 2.29. The van der Waals surface area contributed by atoms with Gasteiger partial charge in [0.15, 0.2) is 10.7 Å². The number of hydrazone groups is 1. The minimum Gasteiger partial charge on any atom is -0.496 e. The van der Waals surface area contributed by atoms with Crippen molar-refractivity contribution < 1.29 is 9.15 Å². The molecule has 7 heteroatoms. The van der Waals surface area contributed by atoms with E-state index in [1.165, 1.54) is 6.07 Å². The highest BCUT2D eigenvalue weighted by molar-refractivity contribution is 7.80. The zero-order valence-electron chi connectivity index (χ0n) is 13.5. The Kier molecular flexibility index (Phi) is 5.33. The second-order valence-corrected chi connectivity index (χ2v) is 5.34. The highest BCUT2D eigenvalue weighted by Gasteiger charge is 2.16. The van der Waals surface area contributed by atoms with Crippen LogP contribution >= 0.6 is 12.2 Å². The van der Waals surface area contributed by atoms with Gasteiger partial charge in [0.05, 0.1) is 18.4 Å². The lowest BCUT2D eigenvalue weighted by Crippen LogP contribution is -2.32. The van der Waals surface area contributed by atoms with Crippen molar-refractivity contribution in [1.82, 2.24) is 10.7 Å². The maximum Gasteiger partial charge on any atom is 0.336 e. The van der Waals surface area contributed by atoms with E-state index >= 15 is 0 Å². The Bertz CT molecular complexity index is 827. The molecule has 0 amide bonds. The van der Waals surface area contributed by atoms with E-state index in [1.807, 2.05) is 26.0 Å². The molecule has 0 unspecified atom stereocenters. The van der Waals surface area contributed by atoms with E-state index in [0.29, 0.717) is 34.3 Å². The molecule has 23 heavy (non-hydrogen) atoms. The number of ether oxygens (including phenoxy) is 1. The third-order valence-corrected chi connectivity index (χ3v) is 3.56. The summed E-state index contributed by atoms with van der Waals surface area (Å²) in [6.45, 7) is 6.30. The fourth-order valence-electron chi connectivity index (χ4n) is 2.27. The van der Waals surface area contributed by atoms with E-state index in [-0.39, 0.29) is 0 Å². The Hall–Kier alpha value is -2.41. The number of hydrogen-bond donors (Lipinski definition) is 2. The van der Waals surface area contributed by atoms with Crippen molar-refractivity contribution in [1.29, 1.82) is 0 Å². The maximum atomic E-state index is 11.7. The monoisotopic (exact) mass is 333 g/mol. The molecule has 1 aromatic carbocycles. The number of hydrogen-bond acceptors (Lipinski definition) is 5. The summed E-state index contributed by atoms with van der Waals surface area (Å²) in [6, 6.07) is 5.15. The average Bonchev–Trinajstić information content (AvgIpc) is 2.51. The summed E-state index contributed by atoms with van der Waals surface area (Å²) in [5, 5.41) is 8.45. The van der Waals surface area contributed by atoms with Gasteiger partial charge in [0.1, 0.15) is 5.75 Å². The SMILES string of the molecule is CCNC(=S)N/N=C(\C)c1c(OC)ccc2c(C)cc(=O)oc12. The number of thiocarbonyl (C=S) groups is 1. The lowest BCUT2D eigenvalue weighted by atomic mass is 10.0. The molecule has 1 heterocycles. The predicted molar refractivity (Wildman–Crippen MR) is 95.4 cm³/mol. The van der Waals surface area contributed by atoms with E-state index in [4.69, 9.17) is 21.4 Å². The molecule has 2 N–H and O–H groups in total. The number of rotatable bonds is 4. The molecule has 2 rings (SSSR count). The molecule has 0 aliphatic carbocycles. The first-order valence-corrected chi connectivity index (χ1v) is 7.58. The lowest BCUT2D eigenvalue weighted by Gasteiger charge is -2.12. The number of fused-ring (bicyclic) bond motifs is 1. The molecule has 0 aliphatic heterocycles. The summed E-state index contributed by atoms with van der Waals surface area (Å²) < 4.78 is 10.8. The Morgan fingerprint density at radius 3 is 2.83 bits per heavy atom. The first kappa shape index (κ1) is 17.0. The fourth-order valence-corrected chi connectivity index (χ4v) is 2.46. The molecule has 1 aromatic heterocycles. The van der Waals surface area contributed by atoms with Gasteiger partial charge in [-0.1, -0.05) is 0 Å². The Morgan fingerprint density at radius 2 is 2.17 bits per heavy atom. The van der Waals surface area contributed by atoms with Crippen LogP contribution in [0.15, 0.2) is 32.5 Å². The third-order valence-electron chi connectivity index (χ3n) is 3.33. The van der Waals surface area contributed by atoms with Crippen molar-refractivity contribution in [2.75, 3.05) is 13.7 Å². The molecule has 0 saturated heterocycles. The Balaban J connectivity index is 2.59. The number of nitrogens with zero attached hydrogens (tertiary/aromatic N) is 1. The van der Waals surface area contributed by atoms with Crippen molar-refractivity contribution in [3.05, 3.63) is 39.7 Å². The Morgan fingerprint density at radius 1 is 1.43 bits per heavy atom. The predicted octanol–water partition coefficient (Wildman–Crippen LogP) is 2.32. The summed E-state index contributed by atoms with van der Waals surface area (Å²) in [4.78, 5) is 11.7. The Labute approximate surface area is 139 Å². The molecular formula is C16H19N3O3S. The van der Waals surface area contributed by atoms with Gasteiger partial charge in [-0.3, -0.25) is 5.43 Å². The van der Waals surface area contributed by atoms with Gasteiger partial charge in [-0.05, 0) is 50.7 Å². The van der Waals surface area contributed by atoms with E-state index in [9.17, 15) is 4.79 Å². The van der Waals surface area contributed by atoms with Crippen LogP contribution in [-0.2, 0) is 0 Å². The number of aryl methyl sites for hydroxylation is 1. The van der Waals surface area contributed by atoms with Crippen LogP contribution in [0.25, 0.3) is 11.0 Å². The fraction of sp³-hybridized carbons (Fsp3) is 0.312. The summed E-state index contributed by atoms with van der Waals surface area (Å²) in [5.74, 6) is 0.573. The second kappa shape index (κ2) is 7.23. The van der Waals surface area contributed by atoms with Crippen LogP contribution in [-0.4, -0.2) is 24.5 Å². The smallest absolute Gasteiger partial charge is 0.336 e. The van der Waals surface area contributed by atoms with Crippen molar-refractivity contribution in [2.45, 2.75) is 20.8 Å². The van der Waals surface area contributed by atoms with Gasteiger partial charge in [-0.2, -0.15) is 5.10 Å². The highest BCUT2D eigenvalue weighted by atomic mass is 32.1. The average molecular weight is 333 g/mol. The standard InChI is InChI=1S/C16H19N3O3S/c1-5-17-16(23)19-18-10(3)14-12(21-4)7-6-11-9(2)8-13(20)22-15(11)14/h6-8H,5H2,1-4H3,(H2,17,19,23)/b18-10+. The van der Waals surface area contributed by atoms with Crippen LogP contribution in [0.1, 0.15) is 25.0 Å². The molecule has 0 saturated carbocycles. The summed E-state index contributed by atoms with van der Waals surface area (Å²) in [7, 11) is 1.56. The summed E-state index contributed by atoms with van der Waals surface area (Å²) in [5.41, 5.74) is 4.86. The third kappa shape index (κ3) is 3.68. The molecule has 0 spiro atoms. The van der Waals surface area contributed by atoms with E-state index in [1.54, 1.807) is 14.0 Å². The maximum absolute atomic E-state index is 11.7. The van der Waals surface area contributed by atoms with Crippen LogP contribution < -0.4 is 21.1 Å². The normalized spacial score (nSPS) is 11.4. The molecular weight excluding hydrogens is 314 g/mol. The van der Waals surface area contributed by atoms with Crippen molar-refractivity contribution in [3.8, 4) is 5.75 Å². The van der Waals surface area contributed by atoms with Gasteiger partial charge in [0, 0.05) is 18.0 Å². The zero-order valence-corrected chi connectivity index (χ0v) is 14.3. The minimum atomic E-state index is -0.409. The van der Waals surface area contributed by atoms with Crippen molar-refractivity contribution >= 4 is 34.0 Å². The van der Waals surface area contributed by atoms with Gasteiger partial charge in [0.25, 0.3) is 0 Å². The topological polar surface area (TPSA) is 75.9 Å². The quantitative estimate of drug-likeness (QED) is 0.387. The molecule has 6 nitrogen and oxygen atoms in total. The van der Waals surface area contributed by atoms with Crippen molar-refractivity contribution in [2.24, 2.45) is 5.10 Å². The summed E-state index contributed by atoms with van der Waals surface area (Å²) in [6.07, 6.45) is 0. The van der Waals surface area contributed by atoms with E-state index in [2.05, 4.69) is 15.8 Å². The largest absolute Gasteiger partial charge is 0.496 e. The van der Waals surface area contributed by atoms with Crippen molar-refractivity contribution in [3.63, 3.8) is 0 Å². The van der Waals surface area contributed by atoms with Crippen LogP contribution in [0.3, 0.4) is 0 Å². The second-order valence-electron chi connectivity index (χ2n) is 4.94. The minimum absolute atomic E-state index is 0.409. The van der Waals surface area contributed by atoms with Gasteiger partial charge in [0.2, 0.25) is 0 Å². The number of nitrogens with one attached hydrogen (secondary N) is 2. The van der Waals surface area contributed by atoms with E-state index < -0.39 is 5.63 Å². The molecule has 0 aliphatic rings. The lowest BCUT2D eigenvalue weighted by molar-refractivity contribution is 0.413. The van der Waals surface area contributed by atoms with E-state index in [0.717, 1.165) is 10.9 Å². The summed E-state index contributed by atoms with van der Waals surface area (Å²) >= 11 is 5.09. The van der Waals surface area contributed by atoms with Crippen LogP contribution in [0.2, 0.25) is 0 Å². The first-order valence-electron chi connectivity index (χ1n) is 7.17. The van der Waals surface area contributed by atoms with Gasteiger partial charge in [-0.15, -0.1) is 0 Å². The van der Waals surface area contributed by atoms with Crippen LogP contribution in [0, 0.1) is 6.92 Å². The molecule has 0 fully saturated rings. The zero-order chi connectivity index (χ0) is 17.0. The van der Waals surface area contributed by atoms with Gasteiger partial charge in [-0.25, -0.2) is 4.79 Å². The molecule has 122 valence electrons.